The molecule has 0 spiro atoms. The summed E-state index contributed by atoms with van der Waals surface area (Å²) in [6.45, 7) is 0. The van der Waals surface area contributed by atoms with E-state index in [0.717, 1.165) is 24.3 Å². The Labute approximate surface area is 407 Å². The van der Waals surface area contributed by atoms with Crippen molar-refractivity contribution in [1.29, 1.82) is 0 Å². The highest BCUT2D eigenvalue weighted by molar-refractivity contribution is 8.93. The summed E-state index contributed by atoms with van der Waals surface area (Å²) in [5.41, 5.74) is -1.09. The molecule has 2 heterocycles. The zero-order chi connectivity index (χ0) is 46.6. The highest BCUT2D eigenvalue weighted by Crippen LogP contribution is 2.37. The van der Waals surface area contributed by atoms with Gasteiger partial charge in [0.2, 0.25) is 0 Å². The van der Waals surface area contributed by atoms with Gasteiger partial charge in [-0.15, -0.1) is 34.0 Å². The minimum absolute atomic E-state index is 0. The topological polar surface area (TPSA) is 216 Å². The number of amides is 6. The normalized spacial score (nSPS) is 10.4. The molecule has 8 N–H and O–H groups in total. The number of aromatic nitrogens is 2. The van der Waals surface area contributed by atoms with E-state index in [1.807, 2.05) is 0 Å². The van der Waals surface area contributed by atoms with Gasteiger partial charge in [-0.1, -0.05) is 23.2 Å². The van der Waals surface area contributed by atoms with E-state index < -0.39 is 45.6 Å². The van der Waals surface area contributed by atoms with Crippen LogP contribution in [0.15, 0.2) is 122 Å². The molecular weight excluding hydrogens is 1070 g/mol. The highest BCUT2D eigenvalue weighted by atomic mass is 79.9. The van der Waals surface area contributed by atoms with Crippen molar-refractivity contribution in [3.8, 4) is 23.0 Å². The first-order chi connectivity index (χ1) is 30.3. The van der Waals surface area contributed by atoms with Crippen LogP contribution in [0.5, 0.6) is 23.0 Å². The predicted octanol–water partition coefficient (Wildman–Crippen LogP) is 11.4. The monoisotopic (exact) mass is 1110 g/mol. The van der Waals surface area contributed by atoms with Crippen LogP contribution in [-0.4, -0.2) is 53.4 Å². The van der Waals surface area contributed by atoms with E-state index in [1.165, 1.54) is 50.8 Å². The van der Waals surface area contributed by atoms with Gasteiger partial charge < -0.3 is 46.9 Å². The molecule has 0 radical (unpaired) electrons. The molecule has 0 unspecified atom stereocenters. The maximum absolute atomic E-state index is 12.9. The molecule has 0 atom stereocenters. The Hall–Kier alpha value is -6.66. The molecule has 356 valence electrons. The van der Waals surface area contributed by atoms with Crippen molar-refractivity contribution in [2.75, 3.05) is 35.4 Å². The lowest BCUT2D eigenvalue weighted by molar-refractivity contribution is -0.138. The maximum Gasteiger partial charge on any atom is 0.417 e. The molecule has 0 saturated heterocycles. The van der Waals surface area contributed by atoms with Crippen molar-refractivity contribution in [3.05, 3.63) is 154 Å². The lowest BCUT2D eigenvalue weighted by Crippen LogP contribution is -2.19. The van der Waals surface area contributed by atoms with Gasteiger partial charge in [0.15, 0.2) is 0 Å². The van der Waals surface area contributed by atoms with E-state index in [2.05, 4.69) is 41.9 Å². The zero-order valence-corrected chi connectivity index (χ0v) is 39.2. The summed E-state index contributed by atoms with van der Waals surface area (Å²) in [6, 6.07) is 23.2. The smallest absolute Gasteiger partial charge is 0.417 e. The lowest BCUT2D eigenvalue weighted by Gasteiger charge is -2.12. The number of carbonyl (C=O) groups is 4. The number of halogens is 10. The number of benzene rings is 4. The number of anilines is 4. The van der Waals surface area contributed by atoms with Crippen molar-refractivity contribution in [3.63, 3.8) is 0 Å². The van der Waals surface area contributed by atoms with Crippen molar-refractivity contribution in [1.82, 2.24) is 20.6 Å². The second-order valence-corrected chi connectivity index (χ2v) is 13.5. The van der Waals surface area contributed by atoms with Crippen LogP contribution >= 0.6 is 57.2 Å². The molecular formula is C42H36Br2Cl2F6N8O7. The average Bonchev–Trinajstić information content (AvgIpc) is 3.25. The minimum atomic E-state index is -4.64. The van der Waals surface area contributed by atoms with Crippen LogP contribution in [0.2, 0.25) is 10.0 Å². The fraction of sp³-hybridized carbons (Fsp3) is 0.0952. The third-order valence-electron chi connectivity index (χ3n) is 8.14. The van der Waals surface area contributed by atoms with Crippen LogP contribution in [0.4, 0.5) is 58.7 Å². The largest absolute Gasteiger partial charge is 0.457 e. The highest BCUT2D eigenvalue weighted by Gasteiger charge is 2.34. The van der Waals surface area contributed by atoms with Crippen molar-refractivity contribution in [2.45, 2.75) is 12.4 Å². The van der Waals surface area contributed by atoms with E-state index in [9.17, 15) is 45.5 Å². The summed E-state index contributed by atoms with van der Waals surface area (Å²) in [7, 11) is 2.98. The predicted molar refractivity (Wildman–Crippen MR) is 251 cm³/mol. The first kappa shape index (κ1) is 56.5. The Morgan fingerprint density at radius 1 is 0.478 bits per heavy atom. The molecule has 6 aromatic rings. The van der Waals surface area contributed by atoms with Gasteiger partial charge in [0.25, 0.3) is 11.8 Å². The van der Waals surface area contributed by atoms with Crippen LogP contribution in [0.1, 0.15) is 32.1 Å². The fourth-order valence-corrected chi connectivity index (χ4v) is 5.62. The maximum atomic E-state index is 12.9. The molecule has 6 amide bonds. The van der Waals surface area contributed by atoms with E-state index >= 15 is 0 Å². The molecule has 0 bridgehead atoms. The molecule has 0 aliphatic carbocycles. The van der Waals surface area contributed by atoms with E-state index in [1.54, 1.807) is 60.7 Å². The number of rotatable bonds is 10. The van der Waals surface area contributed by atoms with Gasteiger partial charge >= 0.3 is 24.4 Å². The number of urea groups is 2. The number of alkyl halides is 6. The standard InChI is InChI=1S/2C21H16ClF3N4O3.2BrH.H2O/c2*1-26-19(30)18-11-15(8-9-27-18)32-14-5-2-12(3-6-14)28-20(31)29-13-4-7-17(22)16(10-13)21(23,24)25;;;/h2*2-11H,1H3,(H,26,30)(H2,28,29,31);2*1H;1H2. The lowest BCUT2D eigenvalue weighted by atomic mass is 10.2. The number of hydrogen-bond donors (Lipinski definition) is 6. The molecule has 6 rings (SSSR count). The van der Waals surface area contributed by atoms with Crippen LogP contribution in [0.25, 0.3) is 0 Å². The van der Waals surface area contributed by atoms with Crippen molar-refractivity contribution >= 4 is 104 Å². The minimum Gasteiger partial charge on any atom is -0.457 e. The SMILES string of the molecule is Br.Br.CNC(=O)c1cc(Oc2ccc(NC(=O)Nc3ccc(Cl)c(C(F)(F)F)c3)cc2)ccn1.CNC(=O)c1cc(Oc2ccc(NC(=O)Nc3ccc(Cl)c(C(F)(F)F)c3)cc2)ccn1.O. The van der Waals surface area contributed by atoms with Crippen LogP contribution in [0.3, 0.4) is 0 Å². The number of hydrogen-bond acceptors (Lipinski definition) is 8. The summed E-state index contributed by atoms with van der Waals surface area (Å²) in [5.74, 6) is 0.920. The first-order valence-electron chi connectivity index (χ1n) is 18.1. The van der Waals surface area contributed by atoms with Crippen LogP contribution in [0, 0.1) is 0 Å². The first-order valence-corrected chi connectivity index (χ1v) is 18.9. The quantitative estimate of drug-likeness (QED) is 0.0724. The van der Waals surface area contributed by atoms with Gasteiger partial charge in [-0.05, 0) is 97.1 Å². The Kier molecular flexibility index (Phi) is 21.3. The van der Waals surface area contributed by atoms with Gasteiger partial charge in [0.1, 0.15) is 34.4 Å². The van der Waals surface area contributed by atoms with Crippen LogP contribution in [-0.2, 0) is 12.4 Å². The summed E-state index contributed by atoms with van der Waals surface area (Å²) < 4.78 is 88.9. The summed E-state index contributed by atoms with van der Waals surface area (Å²) >= 11 is 11.1. The molecule has 0 aliphatic rings. The zero-order valence-electron chi connectivity index (χ0n) is 34.2. The number of pyridine rings is 2. The Morgan fingerprint density at radius 2 is 0.791 bits per heavy atom. The van der Waals surface area contributed by atoms with Gasteiger partial charge in [-0.2, -0.15) is 26.3 Å². The number of nitrogens with one attached hydrogen (secondary N) is 6. The van der Waals surface area contributed by atoms with Crippen molar-refractivity contribution in [2.24, 2.45) is 0 Å². The Morgan fingerprint density at radius 3 is 1.10 bits per heavy atom. The number of nitrogens with zero attached hydrogens (tertiary/aromatic N) is 2. The molecule has 2 aromatic heterocycles. The molecule has 0 saturated carbocycles. The second-order valence-electron chi connectivity index (χ2n) is 12.7. The summed E-state index contributed by atoms with van der Waals surface area (Å²) in [4.78, 5) is 55.4. The van der Waals surface area contributed by atoms with Gasteiger partial charge in [-0.25, -0.2) is 9.59 Å². The second kappa shape index (κ2) is 25.3. The van der Waals surface area contributed by atoms with Crippen LogP contribution < -0.4 is 41.4 Å². The molecule has 0 aliphatic heterocycles. The van der Waals surface area contributed by atoms with E-state index in [0.29, 0.717) is 34.4 Å². The number of carbonyl (C=O) groups excluding carboxylic acids is 4. The van der Waals surface area contributed by atoms with Gasteiger partial charge in [0.05, 0.1) is 21.2 Å². The molecule has 4 aromatic carbocycles. The summed E-state index contributed by atoms with van der Waals surface area (Å²) in [5, 5.41) is 13.7. The molecule has 25 heteroatoms. The number of ether oxygens (including phenoxy) is 2. The average molecular weight is 1110 g/mol. The Bertz CT molecular complexity index is 2470. The van der Waals surface area contributed by atoms with E-state index in [-0.39, 0.29) is 74.0 Å². The Balaban J connectivity index is 0.000000440. The molecule has 15 nitrogen and oxygen atoms in total. The fourth-order valence-electron chi connectivity index (χ4n) is 5.17. The molecule has 67 heavy (non-hydrogen) atoms. The van der Waals surface area contributed by atoms with Gasteiger partial charge in [0, 0.05) is 61.4 Å². The molecule has 0 fully saturated rings. The van der Waals surface area contributed by atoms with Gasteiger partial charge in [-0.3, -0.25) is 19.6 Å². The third-order valence-corrected chi connectivity index (χ3v) is 8.80. The van der Waals surface area contributed by atoms with Crippen molar-refractivity contribution < 1.29 is 60.5 Å². The summed E-state index contributed by atoms with van der Waals surface area (Å²) in [6.07, 6.45) is -6.42. The third kappa shape index (κ3) is 16.9. The van der Waals surface area contributed by atoms with E-state index in [4.69, 9.17) is 32.7 Å².